The van der Waals surface area contributed by atoms with Gasteiger partial charge in [-0.1, -0.05) is 12.8 Å². The van der Waals surface area contributed by atoms with Crippen LogP contribution in [0.5, 0.6) is 0 Å². The van der Waals surface area contributed by atoms with Crippen molar-refractivity contribution in [2.24, 2.45) is 0 Å². The third kappa shape index (κ3) is 1.17. The molecule has 0 aromatic rings. The maximum absolute atomic E-state index is 11.5. The van der Waals surface area contributed by atoms with Crippen LogP contribution in [0.25, 0.3) is 0 Å². The Labute approximate surface area is 73.8 Å². The molecule has 0 bridgehead atoms. The Balaban J connectivity index is 2.10. The minimum Gasteiger partial charge on any atom is -0.212 e. The summed E-state index contributed by atoms with van der Waals surface area (Å²) in [6.07, 6.45) is 4.58. The molecule has 2 aliphatic rings. The number of fused-ring (bicyclic) bond motifs is 1. The van der Waals surface area contributed by atoms with Gasteiger partial charge in [-0.3, -0.25) is 0 Å². The van der Waals surface area contributed by atoms with Crippen LogP contribution in [0.3, 0.4) is 0 Å². The Bertz CT molecular complexity index is 261. The molecule has 0 spiro atoms. The molecule has 2 atom stereocenters. The molecule has 0 radical (unpaired) electrons. The summed E-state index contributed by atoms with van der Waals surface area (Å²) in [6.45, 7) is 1.72. The van der Waals surface area contributed by atoms with Crippen molar-refractivity contribution in [3.05, 3.63) is 0 Å². The Morgan fingerprint density at radius 1 is 1.25 bits per heavy atom. The highest BCUT2D eigenvalue weighted by molar-refractivity contribution is 7.89. The van der Waals surface area contributed by atoms with Crippen LogP contribution >= 0.6 is 0 Å². The van der Waals surface area contributed by atoms with Gasteiger partial charge in [0.25, 0.3) is 0 Å². The quantitative estimate of drug-likeness (QED) is 0.607. The molecule has 1 saturated carbocycles. The van der Waals surface area contributed by atoms with Crippen LogP contribution in [0.2, 0.25) is 0 Å². The Morgan fingerprint density at radius 3 is 2.17 bits per heavy atom. The summed E-state index contributed by atoms with van der Waals surface area (Å²) in [4.78, 5) is 0. The zero-order chi connectivity index (χ0) is 8.77. The standard InChI is InChI=1S/C8H15NO2S/c1-2-12(10,11)9-7-5-3-4-6-8(7)9/h7-8H,2-6H2,1H3. The summed E-state index contributed by atoms with van der Waals surface area (Å²) in [6, 6.07) is 0.757. The first-order valence-electron chi connectivity index (χ1n) is 4.68. The van der Waals surface area contributed by atoms with Crippen LogP contribution in [0.15, 0.2) is 0 Å². The average Bonchev–Trinajstić information content (AvgIpc) is 2.78. The van der Waals surface area contributed by atoms with Gasteiger partial charge in [0.05, 0.1) is 5.75 Å². The van der Waals surface area contributed by atoms with Gasteiger partial charge >= 0.3 is 0 Å². The largest absolute Gasteiger partial charge is 0.214 e. The molecule has 1 saturated heterocycles. The predicted octanol–water partition coefficient (Wildman–Crippen LogP) is 0.963. The lowest BCUT2D eigenvalue weighted by Crippen LogP contribution is -2.17. The van der Waals surface area contributed by atoms with Gasteiger partial charge < -0.3 is 0 Å². The maximum atomic E-state index is 11.5. The van der Waals surface area contributed by atoms with Crippen LogP contribution in [0.1, 0.15) is 32.6 Å². The molecule has 0 aromatic heterocycles. The highest BCUT2D eigenvalue weighted by atomic mass is 32.2. The molecular weight excluding hydrogens is 174 g/mol. The summed E-state index contributed by atoms with van der Waals surface area (Å²) >= 11 is 0. The molecule has 2 rings (SSSR count). The van der Waals surface area contributed by atoms with E-state index >= 15 is 0 Å². The Kier molecular flexibility index (Phi) is 1.92. The van der Waals surface area contributed by atoms with Gasteiger partial charge in [0, 0.05) is 12.1 Å². The molecule has 2 unspecified atom stereocenters. The minimum atomic E-state index is -2.87. The van der Waals surface area contributed by atoms with Gasteiger partial charge in [0.15, 0.2) is 0 Å². The van der Waals surface area contributed by atoms with Crippen molar-refractivity contribution in [3.63, 3.8) is 0 Å². The van der Waals surface area contributed by atoms with Crippen molar-refractivity contribution >= 4 is 10.0 Å². The minimum absolute atomic E-state index is 0.264. The molecule has 1 aliphatic carbocycles. The zero-order valence-electron chi connectivity index (χ0n) is 7.36. The molecule has 1 heterocycles. The van der Waals surface area contributed by atoms with E-state index in [1.54, 1.807) is 11.2 Å². The van der Waals surface area contributed by atoms with Crippen molar-refractivity contribution < 1.29 is 8.42 Å². The third-order valence-electron chi connectivity index (χ3n) is 2.94. The molecule has 0 aromatic carbocycles. The van der Waals surface area contributed by atoms with E-state index in [1.807, 2.05) is 0 Å². The first-order chi connectivity index (χ1) is 5.67. The summed E-state index contributed by atoms with van der Waals surface area (Å²) < 4.78 is 24.6. The molecule has 0 N–H and O–H groups in total. The van der Waals surface area contributed by atoms with Crippen LogP contribution in [-0.4, -0.2) is 30.6 Å². The Morgan fingerprint density at radius 2 is 1.75 bits per heavy atom. The number of rotatable bonds is 2. The van der Waals surface area contributed by atoms with E-state index in [-0.39, 0.29) is 5.75 Å². The monoisotopic (exact) mass is 189 g/mol. The van der Waals surface area contributed by atoms with E-state index < -0.39 is 10.0 Å². The molecule has 2 fully saturated rings. The number of hydrogen-bond acceptors (Lipinski definition) is 2. The van der Waals surface area contributed by atoms with Gasteiger partial charge in [0.1, 0.15) is 0 Å². The van der Waals surface area contributed by atoms with Crippen molar-refractivity contribution in [1.29, 1.82) is 0 Å². The summed E-state index contributed by atoms with van der Waals surface area (Å²) in [7, 11) is -2.87. The second-order valence-electron chi connectivity index (χ2n) is 3.65. The summed E-state index contributed by atoms with van der Waals surface area (Å²) in [5.41, 5.74) is 0. The SMILES string of the molecule is CCS(=O)(=O)N1C2CCCCC21. The fourth-order valence-corrected chi connectivity index (χ4v) is 3.78. The lowest BCUT2D eigenvalue weighted by atomic mass is 10.0. The van der Waals surface area contributed by atoms with Gasteiger partial charge in [-0.25, -0.2) is 8.42 Å². The summed E-state index contributed by atoms with van der Waals surface area (Å²) in [5.74, 6) is 0.264. The Hall–Kier alpha value is -0.0900. The van der Waals surface area contributed by atoms with Gasteiger partial charge in [0.2, 0.25) is 10.0 Å². The second kappa shape index (κ2) is 2.70. The fraction of sp³-hybridized carbons (Fsp3) is 1.00. The van der Waals surface area contributed by atoms with E-state index in [9.17, 15) is 8.42 Å². The van der Waals surface area contributed by atoms with E-state index in [4.69, 9.17) is 0 Å². The topological polar surface area (TPSA) is 37.1 Å². The molecular formula is C8H15NO2S. The second-order valence-corrected chi connectivity index (χ2v) is 5.81. The average molecular weight is 189 g/mol. The van der Waals surface area contributed by atoms with Gasteiger partial charge in [-0.05, 0) is 19.8 Å². The van der Waals surface area contributed by atoms with E-state index in [1.165, 1.54) is 12.8 Å². The number of nitrogens with zero attached hydrogens (tertiary/aromatic N) is 1. The molecule has 1 aliphatic heterocycles. The van der Waals surface area contributed by atoms with Crippen LogP contribution in [0, 0.1) is 0 Å². The molecule has 3 nitrogen and oxygen atoms in total. The normalized spacial score (nSPS) is 40.6. The molecule has 12 heavy (non-hydrogen) atoms. The van der Waals surface area contributed by atoms with Gasteiger partial charge in [-0.2, -0.15) is 4.31 Å². The fourth-order valence-electron chi connectivity index (χ4n) is 2.22. The smallest absolute Gasteiger partial charge is 0.212 e. The summed E-state index contributed by atoms with van der Waals surface area (Å²) in [5, 5.41) is 0. The van der Waals surface area contributed by atoms with Crippen molar-refractivity contribution in [2.45, 2.75) is 44.7 Å². The number of hydrogen-bond donors (Lipinski definition) is 0. The highest BCUT2D eigenvalue weighted by Crippen LogP contribution is 2.42. The number of sulfonamides is 1. The van der Waals surface area contributed by atoms with Crippen LogP contribution in [0.4, 0.5) is 0 Å². The van der Waals surface area contributed by atoms with Gasteiger partial charge in [-0.15, -0.1) is 0 Å². The first-order valence-corrected chi connectivity index (χ1v) is 6.29. The van der Waals surface area contributed by atoms with E-state index in [0.717, 1.165) is 12.8 Å². The van der Waals surface area contributed by atoms with Crippen molar-refractivity contribution in [1.82, 2.24) is 4.31 Å². The first kappa shape index (κ1) is 8.51. The van der Waals surface area contributed by atoms with Crippen LogP contribution in [-0.2, 0) is 10.0 Å². The lowest BCUT2D eigenvalue weighted by molar-refractivity contribution is 0.546. The lowest BCUT2D eigenvalue weighted by Gasteiger charge is -2.02. The highest BCUT2D eigenvalue weighted by Gasteiger charge is 2.54. The maximum Gasteiger partial charge on any atom is 0.214 e. The van der Waals surface area contributed by atoms with Crippen molar-refractivity contribution in [3.8, 4) is 0 Å². The van der Waals surface area contributed by atoms with Crippen LogP contribution < -0.4 is 0 Å². The van der Waals surface area contributed by atoms with E-state index in [2.05, 4.69) is 0 Å². The third-order valence-corrected chi connectivity index (χ3v) is 4.86. The predicted molar refractivity (Wildman–Crippen MR) is 47.3 cm³/mol. The molecule has 70 valence electrons. The van der Waals surface area contributed by atoms with Crippen molar-refractivity contribution in [2.75, 3.05) is 5.75 Å². The van der Waals surface area contributed by atoms with E-state index in [0.29, 0.717) is 12.1 Å². The zero-order valence-corrected chi connectivity index (χ0v) is 8.18. The molecule has 0 amide bonds. The molecule has 4 heteroatoms.